The van der Waals surface area contributed by atoms with Gasteiger partial charge in [-0.1, -0.05) is 48.0 Å². The Bertz CT molecular complexity index is 1040. The van der Waals surface area contributed by atoms with Crippen LogP contribution in [0, 0.1) is 30.6 Å². The third kappa shape index (κ3) is 2.88. The van der Waals surface area contributed by atoms with Crippen LogP contribution < -0.4 is 9.64 Å². The first-order valence-electron chi connectivity index (χ1n) is 10.4. The maximum absolute atomic E-state index is 13.0. The van der Waals surface area contributed by atoms with E-state index in [2.05, 4.69) is 12.2 Å². The van der Waals surface area contributed by atoms with Gasteiger partial charge in [0.25, 0.3) is 0 Å². The van der Waals surface area contributed by atoms with Crippen molar-refractivity contribution in [3.63, 3.8) is 0 Å². The van der Waals surface area contributed by atoms with Crippen LogP contribution in [0.3, 0.4) is 0 Å². The minimum absolute atomic E-state index is 0.120. The maximum atomic E-state index is 13.0. The molecule has 0 aromatic heterocycles. The summed E-state index contributed by atoms with van der Waals surface area (Å²) in [5.41, 5.74) is 2.18. The smallest absolute Gasteiger partial charge is 0.238 e. The van der Waals surface area contributed by atoms with Gasteiger partial charge in [0.1, 0.15) is 5.75 Å². The van der Waals surface area contributed by atoms with Crippen molar-refractivity contribution in [1.82, 2.24) is 0 Å². The number of fused-ring (bicyclic) bond motifs is 5. The molecule has 5 rings (SSSR count). The van der Waals surface area contributed by atoms with E-state index in [1.807, 2.05) is 19.1 Å². The Morgan fingerprint density at radius 1 is 1.00 bits per heavy atom. The van der Waals surface area contributed by atoms with Crippen molar-refractivity contribution in [1.29, 1.82) is 0 Å². The molecule has 5 atom stereocenters. The van der Waals surface area contributed by atoms with E-state index in [-0.39, 0.29) is 41.3 Å². The van der Waals surface area contributed by atoms with Gasteiger partial charge in [-0.25, -0.2) is 4.90 Å². The Kier molecular flexibility index (Phi) is 4.35. The second kappa shape index (κ2) is 6.94. The van der Waals surface area contributed by atoms with Crippen molar-refractivity contribution in [2.45, 2.75) is 26.4 Å². The molecule has 0 N–H and O–H groups in total. The van der Waals surface area contributed by atoms with Crippen LogP contribution in [0.5, 0.6) is 5.75 Å². The number of Topliss-reactive ketones (excluding diaryl/α,β-unsaturated/α-hetero) is 1. The molecule has 1 heterocycles. The van der Waals surface area contributed by atoms with Crippen LogP contribution in [-0.2, 0) is 9.59 Å². The van der Waals surface area contributed by atoms with Crippen molar-refractivity contribution in [2.75, 3.05) is 4.90 Å². The topological polar surface area (TPSA) is 63.7 Å². The molecule has 2 amide bonds. The molecule has 2 bridgehead atoms. The van der Waals surface area contributed by atoms with Crippen LogP contribution in [0.25, 0.3) is 0 Å². The zero-order valence-electron chi connectivity index (χ0n) is 16.9. The summed E-state index contributed by atoms with van der Waals surface area (Å²) in [4.78, 5) is 40.0. The third-order valence-corrected chi connectivity index (χ3v) is 6.56. The average molecular weight is 401 g/mol. The first kappa shape index (κ1) is 18.8. The van der Waals surface area contributed by atoms with E-state index in [1.54, 1.807) is 43.3 Å². The number of hydrogen-bond acceptors (Lipinski definition) is 4. The second-order valence-corrected chi connectivity index (χ2v) is 8.50. The molecular weight excluding hydrogens is 378 g/mol. The van der Waals surface area contributed by atoms with Crippen molar-refractivity contribution in [3.05, 3.63) is 71.8 Å². The lowest BCUT2D eigenvalue weighted by molar-refractivity contribution is -0.123. The summed E-state index contributed by atoms with van der Waals surface area (Å²) < 4.78 is 5.87. The molecular formula is C25H23NO4. The van der Waals surface area contributed by atoms with Gasteiger partial charge >= 0.3 is 0 Å². The van der Waals surface area contributed by atoms with Gasteiger partial charge in [-0.3, -0.25) is 14.4 Å². The highest BCUT2D eigenvalue weighted by Gasteiger charge is 2.59. The normalized spacial score (nSPS) is 27.5. The average Bonchev–Trinajstić information content (AvgIpc) is 3.42. The number of aryl methyl sites for hydroxylation is 1. The zero-order chi connectivity index (χ0) is 21.0. The van der Waals surface area contributed by atoms with Crippen LogP contribution >= 0.6 is 0 Å². The number of benzene rings is 2. The highest BCUT2D eigenvalue weighted by molar-refractivity contribution is 6.22. The molecule has 2 fully saturated rings. The lowest BCUT2D eigenvalue weighted by atomic mass is 9.85. The van der Waals surface area contributed by atoms with Gasteiger partial charge in [-0.15, -0.1) is 0 Å². The number of ketones is 1. The van der Waals surface area contributed by atoms with Crippen LogP contribution in [0.2, 0.25) is 0 Å². The predicted octanol–water partition coefficient (Wildman–Crippen LogP) is 3.96. The minimum atomic E-state index is -0.688. The highest BCUT2D eigenvalue weighted by atomic mass is 16.5. The molecule has 0 unspecified atom stereocenters. The first-order valence-corrected chi connectivity index (χ1v) is 10.4. The van der Waals surface area contributed by atoms with Crippen LogP contribution in [0.4, 0.5) is 5.69 Å². The summed E-state index contributed by atoms with van der Waals surface area (Å²) in [6.07, 6.45) is 4.38. The summed E-state index contributed by atoms with van der Waals surface area (Å²) in [5.74, 6) is -0.0324. The molecule has 5 nitrogen and oxygen atoms in total. The first-order chi connectivity index (χ1) is 14.4. The summed E-state index contributed by atoms with van der Waals surface area (Å²) in [5, 5.41) is 0. The van der Waals surface area contributed by atoms with Gasteiger partial charge < -0.3 is 4.74 Å². The minimum Gasteiger partial charge on any atom is -0.482 e. The number of carbonyl (C=O) groups is 3. The number of carbonyl (C=O) groups excluding carboxylic acids is 3. The fraction of sp³-hybridized carbons (Fsp3) is 0.320. The Hall–Kier alpha value is -3.21. The molecule has 3 aliphatic rings. The molecule has 1 aliphatic heterocycles. The van der Waals surface area contributed by atoms with Gasteiger partial charge in [0.2, 0.25) is 17.6 Å². The largest absolute Gasteiger partial charge is 0.482 e. The Labute approximate surface area is 175 Å². The Morgan fingerprint density at radius 2 is 1.63 bits per heavy atom. The van der Waals surface area contributed by atoms with Crippen molar-refractivity contribution in [3.8, 4) is 5.75 Å². The lowest BCUT2D eigenvalue weighted by Crippen LogP contribution is -2.33. The number of imide groups is 1. The molecule has 0 radical (unpaired) electrons. The van der Waals surface area contributed by atoms with Crippen LogP contribution in [-0.4, -0.2) is 23.7 Å². The van der Waals surface area contributed by atoms with E-state index in [0.29, 0.717) is 17.0 Å². The quantitative estimate of drug-likeness (QED) is 0.432. The number of nitrogens with zero attached hydrogens (tertiary/aromatic N) is 1. The summed E-state index contributed by atoms with van der Waals surface area (Å²) in [6, 6.07) is 14.3. The molecule has 30 heavy (non-hydrogen) atoms. The standard InChI is InChI=1S/C25H23NO4/c1-14-6-8-16(9-7-14)23(27)15(2)30-20-5-3-4-19(13-20)26-24(28)21-17-10-11-18(12-17)22(21)25(26)29/h3-11,13,15,17-18,21-22H,12H2,1-2H3/t15-,17-,18-,21-,22-/m0/s1. The van der Waals surface area contributed by atoms with Crippen LogP contribution in [0.1, 0.15) is 29.3 Å². The molecule has 0 spiro atoms. The molecule has 2 aliphatic carbocycles. The molecule has 2 aromatic carbocycles. The summed E-state index contributed by atoms with van der Waals surface area (Å²) >= 11 is 0. The van der Waals surface area contributed by atoms with Crippen molar-refractivity contribution in [2.24, 2.45) is 23.7 Å². The summed E-state index contributed by atoms with van der Waals surface area (Å²) in [7, 11) is 0. The molecule has 152 valence electrons. The SMILES string of the molecule is Cc1ccc(C(=O)[C@H](C)Oc2cccc(N3C(=O)[C@@H]4[C@@H](C3=O)[C@H]3C=C[C@H]4C3)c2)cc1. The maximum Gasteiger partial charge on any atom is 0.238 e. The number of anilines is 1. The molecule has 2 aromatic rings. The monoisotopic (exact) mass is 401 g/mol. The van der Waals surface area contributed by atoms with Gasteiger partial charge in [-0.05, 0) is 44.2 Å². The van der Waals surface area contributed by atoms with Gasteiger partial charge in [-0.2, -0.15) is 0 Å². The van der Waals surface area contributed by atoms with Gasteiger partial charge in [0.15, 0.2) is 6.10 Å². The number of ether oxygens (including phenoxy) is 1. The molecule has 1 saturated heterocycles. The fourth-order valence-electron chi connectivity index (χ4n) is 5.06. The van der Waals surface area contributed by atoms with E-state index < -0.39 is 6.10 Å². The van der Waals surface area contributed by atoms with E-state index in [1.165, 1.54) is 4.90 Å². The zero-order valence-corrected chi connectivity index (χ0v) is 16.9. The predicted molar refractivity (Wildman–Crippen MR) is 112 cm³/mol. The lowest BCUT2D eigenvalue weighted by Gasteiger charge is -2.19. The third-order valence-electron chi connectivity index (χ3n) is 6.56. The second-order valence-electron chi connectivity index (χ2n) is 8.50. The molecule has 5 heteroatoms. The number of hydrogen-bond donors (Lipinski definition) is 0. The Morgan fingerprint density at radius 3 is 2.27 bits per heavy atom. The summed E-state index contributed by atoms with van der Waals surface area (Å²) in [6.45, 7) is 3.67. The number of amides is 2. The van der Waals surface area contributed by atoms with Crippen molar-refractivity contribution < 1.29 is 19.1 Å². The van der Waals surface area contributed by atoms with E-state index in [9.17, 15) is 14.4 Å². The fourth-order valence-corrected chi connectivity index (χ4v) is 5.06. The molecule has 1 saturated carbocycles. The Balaban J connectivity index is 1.35. The van der Waals surface area contributed by atoms with Gasteiger partial charge in [0.05, 0.1) is 17.5 Å². The van der Waals surface area contributed by atoms with E-state index in [4.69, 9.17) is 4.74 Å². The highest BCUT2D eigenvalue weighted by Crippen LogP contribution is 2.53. The van der Waals surface area contributed by atoms with Gasteiger partial charge in [0, 0.05) is 11.6 Å². The number of rotatable bonds is 5. The van der Waals surface area contributed by atoms with E-state index in [0.717, 1.165) is 12.0 Å². The number of allylic oxidation sites excluding steroid dienone is 2. The van der Waals surface area contributed by atoms with Crippen molar-refractivity contribution >= 4 is 23.3 Å². The van der Waals surface area contributed by atoms with Crippen LogP contribution in [0.15, 0.2) is 60.7 Å². The van der Waals surface area contributed by atoms with E-state index >= 15 is 0 Å².